The van der Waals surface area contributed by atoms with E-state index < -0.39 is 12.8 Å². The molecule has 0 saturated carbocycles. The van der Waals surface area contributed by atoms with E-state index in [2.05, 4.69) is 25.6 Å². The Labute approximate surface area is 170 Å². The molecule has 2 N–H and O–H groups in total. The monoisotopic (exact) mass is 424 g/mol. The summed E-state index contributed by atoms with van der Waals surface area (Å²) in [5.74, 6) is 0. The highest BCUT2D eigenvalue weighted by Crippen LogP contribution is 2.15. The van der Waals surface area contributed by atoms with E-state index in [9.17, 15) is 13.2 Å². The fourth-order valence-corrected chi connectivity index (χ4v) is 2.76. The van der Waals surface area contributed by atoms with Gasteiger partial charge in [-0.25, -0.2) is 4.68 Å². The third-order valence-corrected chi connectivity index (χ3v) is 4.07. The molecule has 1 aromatic carbocycles. The molecule has 0 fully saturated rings. The molecule has 0 aliphatic carbocycles. The molecule has 0 aliphatic rings. The number of alkyl halides is 3. The zero-order valence-electron chi connectivity index (χ0n) is 15.5. The van der Waals surface area contributed by atoms with Crippen molar-refractivity contribution in [3.05, 3.63) is 60.2 Å². The quantitative estimate of drug-likeness (QED) is 0.563. The molecule has 0 radical (unpaired) electrons. The molecule has 3 rings (SSSR count). The highest BCUT2D eigenvalue weighted by molar-refractivity contribution is 7.80. The van der Waals surface area contributed by atoms with Gasteiger partial charge < -0.3 is 15.4 Å². The van der Waals surface area contributed by atoms with E-state index in [0.29, 0.717) is 23.0 Å². The van der Waals surface area contributed by atoms with E-state index in [1.807, 2.05) is 37.4 Å². The zero-order valence-corrected chi connectivity index (χ0v) is 16.3. The van der Waals surface area contributed by atoms with E-state index in [1.54, 1.807) is 10.9 Å². The topological polar surface area (TPSA) is 68.9 Å². The molecule has 3 aromatic rings. The lowest BCUT2D eigenvalue weighted by molar-refractivity contribution is -0.182. The van der Waals surface area contributed by atoms with Crippen LogP contribution in [0, 0.1) is 6.92 Å². The second-order valence-electron chi connectivity index (χ2n) is 6.29. The molecule has 0 amide bonds. The van der Waals surface area contributed by atoms with Gasteiger partial charge in [-0.3, -0.25) is 4.68 Å². The Morgan fingerprint density at radius 3 is 2.34 bits per heavy atom. The van der Waals surface area contributed by atoms with Gasteiger partial charge in [0.1, 0.15) is 13.3 Å². The molecule has 0 spiro atoms. The maximum atomic E-state index is 12.1. The Morgan fingerprint density at radius 1 is 1.07 bits per heavy atom. The van der Waals surface area contributed by atoms with Gasteiger partial charge in [-0.15, -0.1) is 0 Å². The summed E-state index contributed by atoms with van der Waals surface area (Å²) in [6, 6.07) is 8.07. The largest absolute Gasteiger partial charge is 0.411 e. The maximum absolute atomic E-state index is 12.1. The number of ether oxygens (including phenoxy) is 1. The van der Waals surface area contributed by atoms with Crippen LogP contribution in [0.2, 0.25) is 0 Å². The van der Waals surface area contributed by atoms with Crippen LogP contribution >= 0.6 is 12.2 Å². The molecule has 2 aromatic heterocycles. The average Bonchev–Trinajstić information content (AvgIpc) is 3.25. The minimum atomic E-state index is -4.37. The summed E-state index contributed by atoms with van der Waals surface area (Å²) in [5.41, 5.74) is 3.58. The SMILES string of the molecule is Cc1ccccc1Cn1cc(NC(=S)Nc2cnn(COCC(F)(F)F)c2)cn1. The fourth-order valence-electron chi connectivity index (χ4n) is 2.52. The van der Waals surface area contributed by atoms with Crippen LogP contribution in [0.15, 0.2) is 49.1 Å². The van der Waals surface area contributed by atoms with Gasteiger partial charge in [-0.05, 0) is 30.3 Å². The van der Waals surface area contributed by atoms with Gasteiger partial charge in [0.15, 0.2) is 5.11 Å². The van der Waals surface area contributed by atoms with Crippen LogP contribution in [-0.4, -0.2) is 37.5 Å². The normalized spacial score (nSPS) is 11.4. The van der Waals surface area contributed by atoms with Crippen LogP contribution < -0.4 is 10.6 Å². The number of hydrogen-bond acceptors (Lipinski definition) is 4. The van der Waals surface area contributed by atoms with E-state index in [-0.39, 0.29) is 6.73 Å². The van der Waals surface area contributed by atoms with Gasteiger partial charge >= 0.3 is 6.18 Å². The van der Waals surface area contributed by atoms with Crippen molar-refractivity contribution >= 4 is 28.7 Å². The highest BCUT2D eigenvalue weighted by atomic mass is 32.1. The lowest BCUT2D eigenvalue weighted by Gasteiger charge is -2.08. The van der Waals surface area contributed by atoms with Crippen LogP contribution in [0.5, 0.6) is 0 Å². The second kappa shape index (κ2) is 9.05. The number of hydrogen-bond donors (Lipinski definition) is 2. The molecule has 0 bridgehead atoms. The van der Waals surface area contributed by atoms with Crippen molar-refractivity contribution in [2.75, 3.05) is 17.2 Å². The molecule has 0 aliphatic heterocycles. The van der Waals surface area contributed by atoms with Crippen LogP contribution in [0.4, 0.5) is 24.5 Å². The van der Waals surface area contributed by atoms with Crippen molar-refractivity contribution in [2.45, 2.75) is 26.4 Å². The number of aryl methyl sites for hydroxylation is 1. The van der Waals surface area contributed by atoms with Crippen molar-refractivity contribution in [3.8, 4) is 0 Å². The van der Waals surface area contributed by atoms with Gasteiger partial charge in [-0.1, -0.05) is 24.3 Å². The molecule has 0 saturated heterocycles. The lowest BCUT2D eigenvalue weighted by atomic mass is 10.1. The lowest BCUT2D eigenvalue weighted by Crippen LogP contribution is -2.19. The third-order valence-electron chi connectivity index (χ3n) is 3.87. The Balaban J connectivity index is 1.49. The summed E-state index contributed by atoms with van der Waals surface area (Å²) in [6.07, 6.45) is 2.04. The summed E-state index contributed by atoms with van der Waals surface area (Å²) in [6.45, 7) is 1.04. The molecule has 11 heteroatoms. The maximum Gasteiger partial charge on any atom is 0.411 e. The number of aromatic nitrogens is 4. The van der Waals surface area contributed by atoms with Crippen molar-refractivity contribution < 1.29 is 17.9 Å². The Bertz CT molecular complexity index is 968. The minimum Gasteiger partial charge on any atom is -0.350 e. The van der Waals surface area contributed by atoms with Crippen molar-refractivity contribution in [1.29, 1.82) is 0 Å². The Hall–Kier alpha value is -2.92. The Kier molecular flexibility index (Phi) is 6.49. The fraction of sp³-hybridized carbons (Fsp3) is 0.278. The van der Waals surface area contributed by atoms with E-state index >= 15 is 0 Å². The number of nitrogens with one attached hydrogen (secondary N) is 2. The number of anilines is 2. The second-order valence-corrected chi connectivity index (χ2v) is 6.70. The van der Waals surface area contributed by atoms with Crippen molar-refractivity contribution in [2.24, 2.45) is 0 Å². The minimum absolute atomic E-state index is 0.302. The molecular weight excluding hydrogens is 405 g/mol. The van der Waals surface area contributed by atoms with Gasteiger partial charge in [-0.2, -0.15) is 23.4 Å². The summed E-state index contributed by atoms with van der Waals surface area (Å²) in [4.78, 5) is 0. The molecule has 29 heavy (non-hydrogen) atoms. The summed E-state index contributed by atoms with van der Waals surface area (Å²) in [5, 5.41) is 14.4. The Morgan fingerprint density at radius 2 is 1.69 bits per heavy atom. The summed E-state index contributed by atoms with van der Waals surface area (Å²) in [7, 11) is 0. The van der Waals surface area contributed by atoms with E-state index in [1.165, 1.54) is 28.2 Å². The highest BCUT2D eigenvalue weighted by Gasteiger charge is 2.27. The molecule has 0 unspecified atom stereocenters. The van der Waals surface area contributed by atoms with Gasteiger partial charge in [0.25, 0.3) is 0 Å². The molecule has 7 nitrogen and oxygen atoms in total. The van der Waals surface area contributed by atoms with Gasteiger partial charge in [0.2, 0.25) is 0 Å². The number of nitrogens with zero attached hydrogens (tertiary/aromatic N) is 4. The zero-order chi connectivity index (χ0) is 20.9. The number of rotatable bonds is 7. The van der Waals surface area contributed by atoms with Crippen LogP contribution in [0.3, 0.4) is 0 Å². The summed E-state index contributed by atoms with van der Waals surface area (Å²) < 4.78 is 43.8. The first-order valence-electron chi connectivity index (χ1n) is 8.60. The number of benzene rings is 1. The predicted octanol–water partition coefficient (Wildman–Crippen LogP) is 3.78. The molecule has 154 valence electrons. The smallest absolute Gasteiger partial charge is 0.350 e. The van der Waals surface area contributed by atoms with Gasteiger partial charge in [0, 0.05) is 6.20 Å². The third kappa shape index (κ3) is 6.57. The first-order valence-corrected chi connectivity index (χ1v) is 9.01. The first kappa shape index (κ1) is 20.8. The van der Waals surface area contributed by atoms with Crippen molar-refractivity contribution in [1.82, 2.24) is 19.6 Å². The van der Waals surface area contributed by atoms with E-state index in [0.717, 1.165) is 0 Å². The average molecular weight is 424 g/mol. The van der Waals surface area contributed by atoms with Crippen LogP contribution in [0.25, 0.3) is 0 Å². The molecule has 2 heterocycles. The van der Waals surface area contributed by atoms with Crippen LogP contribution in [0.1, 0.15) is 11.1 Å². The first-order chi connectivity index (χ1) is 13.8. The number of thiocarbonyl (C=S) groups is 1. The number of halogens is 3. The predicted molar refractivity (Wildman–Crippen MR) is 107 cm³/mol. The standard InChI is InChI=1S/C18H19F3N6OS/c1-13-4-2-3-5-14(13)8-26-9-15(6-22-26)24-17(29)25-16-7-23-27(10-16)12-28-11-18(19,20)21/h2-7,9-10H,8,11-12H2,1H3,(H2,24,25,29). The van der Waals surface area contributed by atoms with E-state index in [4.69, 9.17) is 12.2 Å². The van der Waals surface area contributed by atoms with Gasteiger partial charge in [0.05, 0.1) is 36.5 Å². The van der Waals surface area contributed by atoms with Crippen molar-refractivity contribution in [3.63, 3.8) is 0 Å². The van der Waals surface area contributed by atoms with Crippen LogP contribution in [-0.2, 0) is 18.0 Å². The molecular formula is C18H19F3N6OS. The molecule has 0 atom stereocenters. The summed E-state index contributed by atoms with van der Waals surface area (Å²) >= 11 is 5.25.